The molecule has 0 aromatic carbocycles. The highest BCUT2D eigenvalue weighted by atomic mass is 16.6. The maximum absolute atomic E-state index is 12.3. The fourth-order valence-electron chi connectivity index (χ4n) is 4.50. The van der Waals surface area contributed by atoms with Crippen molar-refractivity contribution < 1.29 is 14.6 Å². The Hall–Kier alpha value is -3.73. The molecular weight excluding hydrogens is 496 g/mol. The van der Waals surface area contributed by atoms with E-state index in [1.165, 1.54) is 0 Å². The molecule has 3 aromatic heterocycles. The Morgan fingerprint density at radius 3 is 2.46 bits per heavy atom. The van der Waals surface area contributed by atoms with Gasteiger partial charge in [0.05, 0.1) is 28.7 Å². The lowest BCUT2D eigenvalue weighted by Crippen LogP contribution is -2.50. The molecule has 4 N–H and O–H groups in total. The zero-order chi connectivity index (χ0) is 28.2. The summed E-state index contributed by atoms with van der Waals surface area (Å²) in [7, 11) is 0. The lowest BCUT2D eigenvalue weighted by Gasteiger charge is -2.36. The predicted octanol–water partition coefficient (Wildman–Crippen LogP) is 4.08. The number of nitrogens with one attached hydrogen (secondary N) is 1. The van der Waals surface area contributed by atoms with Crippen molar-refractivity contribution in [1.29, 1.82) is 0 Å². The Morgan fingerprint density at radius 2 is 1.85 bits per heavy atom. The van der Waals surface area contributed by atoms with Crippen molar-refractivity contribution in [2.45, 2.75) is 65.0 Å². The van der Waals surface area contributed by atoms with Crippen molar-refractivity contribution in [2.75, 3.05) is 48.7 Å². The molecule has 0 bridgehead atoms. The van der Waals surface area contributed by atoms with Crippen LogP contribution in [0, 0.1) is 0 Å². The van der Waals surface area contributed by atoms with Crippen molar-refractivity contribution in [1.82, 2.24) is 24.8 Å². The van der Waals surface area contributed by atoms with Crippen LogP contribution in [0.2, 0.25) is 0 Å². The fourth-order valence-corrected chi connectivity index (χ4v) is 4.50. The molecule has 1 fully saturated rings. The van der Waals surface area contributed by atoms with Crippen LogP contribution in [-0.2, 0) is 4.74 Å². The largest absolute Gasteiger partial charge is 0.444 e. The second kappa shape index (κ2) is 11.6. The standard InChI is InChI=1S/C28H40N8O3/c1-6-7-10-28(5,18-37)34-24-20-17-30-21(15-22(20)32-25(29)33-24)19-8-9-23(31-16-19)35-11-13-36(14-12-35)26(38)39-27(2,3)4/h8-9,15-17,37H,6-7,10-14,18H2,1-5H3,(H3,29,32,33,34)/t28-/m1/s1. The quantitative estimate of drug-likeness (QED) is 0.385. The first-order valence-electron chi connectivity index (χ1n) is 13.5. The number of hydrogen-bond acceptors (Lipinski definition) is 10. The Balaban J connectivity index is 1.48. The number of carbonyl (C=O) groups excluding carboxylic acids is 1. The first kappa shape index (κ1) is 28.3. The van der Waals surface area contributed by atoms with Crippen LogP contribution >= 0.6 is 0 Å². The molecule has 1 aliphatic rings. The van der Waals surface area contributed by atoms with Gasteiger partial charge in [-0.1, -0.05) is 19.8 Å². The van der Waals surface area contributed by atoms with E-state index in [9.17, 15) is 9.90 Å². The highest BCUT2D eigenvalue weighted by Crippen LogP contribution is 2.29. The third kappa shape index (κ3) is 7.03. The molecule has 0 radical (unpaired) electrons. The van der Waals surface area contributed by atoms with Crippen LogP contribution < -0.4 is 16.0 Å². The third-order valence-corrected chi connectivity index (χ3v) is 6.75. The summed E-state index contributed by atoms with van der Waals surface area (Å²) in [5, 5.41) is 14.1. The Morgan fingerprint density at radius 1 is 1.10 bits per heavy atom. The van der Waals surface area contributed by atoms with E-state index < -0.39 is 11.1 Å². The van der Waals surface area contributed by atoms with Gasteiger partial charge in [-0.2, -0.15) is 4.98 Å². The van der Waals surface area contributed by atoms with Crippen LogP contribution in [-0.4, -0.2) is 80.0 Å². The summed E-state index contributed by atoms with van der Waals surface area (Å²) in [5.74, 6) is 1.55. The molecule has 11 heteroatoms. The molecule has 1 amide bonds. The van der Waals surface area contributed by atoms with E-state index in [4.69, 9.17) is 10.5 Å². The van der Waals surface area contributed by atoms with Gasteiger partial charge in [0.1, 0.15) is 17.2 Å². The number of pyridine rings is 2. The molecule has 11 nitrogen and oxygen atoms in total. The number of aliphatic hydroxyl groups excluding tert-OH is 1. The number of unbranched alkanes of at least 4 members (excludes halogenated alkanes) is 1. The topological polar surface area (TPSA) is 143 Å². The molecule has 0 spiro atoms. The van der Waals surface area contributed by atoms with Crippen LogP contribution in [0.25, 0.3) is 22.2 Å². The van der Waals surface area contributed by atoms with Crippen molar-refractivity contribution in [3.63, 3.8) is 0 Å². The number of piperazine rings is 1. The molecule has 0 saturated carbocycles. The maximum atomic E-state index is 12.3. The van der Waals surface area contributed by atoms with Gasteiger partial charge in [0.2, 0.25) is 5.95 Å². The van der Waals surface area contributed by atoms with E-state index in [0.29, 0.717) is 37.5 Å². The molecule has 1 saturated heterocycles. The van der Waals surface area contributed by atoms with E-state index in [2.05, 4.69) is 37.1 Å². The van der Waals surface area contributed by atoms with E-state index in [-0.39, 0.29) is 18.6 Å². The molecule has 4 heterocycles. The lowest BCUT2D eigenvalue weighted by molar-refractivity contribution is 0.0240. The highest BCUT2D eigenvalue weighted by Gasteiger charge is 2.27. The molecule has 210 valence electrons. The van der Waals surface area contributed by atoms with Gasteiger partial charge in [-0.3, -0.25) is 4.98 Å². The summed E-state index contributed by atoms with van der Waals surface area (Å²) in [5.41, 5.74) is 7.23. The van der Waals surface area contributed by atoms with E-state index in [1.807, 2.05) is 45.9 Å². The Labute approximate surface area is 229 Å². The van der Waals surface area contributed by atoms with Crippen molar-refractivity contribution in [2.24, 2.45) is 0 Å². The number of ether oxygens (including phenoxy) is 1. The number of nitrogen functional groups attached to an aromatic ring is 1. The number of aromatic nitrogens is 4. The average Bonchev–Trinajstić information content (AvgIpc) is 2.91. The molecule has 39 heavy (non-hydrogen) atoms. The molecule has 0 unspecified atom stereocenters. The zero-order valence-corrected chi connectivity index (χ0v) is 23.6. The van der Waals surface area contributed by atoms with Gasteiger partial charge in [0.25, 0.3) is 0 Å². The summed E-state index contributed by atoms with van der Waals surface area (Å²) in [6.07, 6.45) is 6.05. The predicted molar refractivity (Wildman–Crippen MR) is 154 cm³/mol. The molecule has 0 aliphatic carbocycles. The minimum atomic E-state index is -0.527. The summed E-state index contributed by atoms with van der Waals surface area (Å²) >= 11 is 0. The third-order valence-electron chi connectivity index (χ3n) is 6.75. The van der Waals surface area contributed by atoms with Crippen LogP contribution in [0.5, 0.6) is 0 Å². The van der Waals surface area contributed by atoms with Crippen LogP contribution in [0.15, 0.2) is 30.6 Å². The Kier molecular flexibility index (Phi) is 8.39. The van der Waals surface area contributed by atoms with Crippen LogP contribution in [0.1, 0.15) is 53.9 Å². The second-order valence-electron chi connectivity index (χ2n) is 11.3. The number of carbonyl (C=O) groups is 1. The summed E-state index contributed by atoms with van der Waals surface area (Å²) < 4.78 is 5.49. The highest BCUT2D eigenvalue weighted by molar-refractivity contribution is 5.91. The van der Waals surface area contributed by atoms with Gasteiger partial charge in [0, 0.05) is 44.1 Å². The summed E-state index contributed by atoms with van der Waals surface area (Å²) in [4.78, 5) is 34.4. The number of fused-ring (bicyclic) bond motifs is 1. The zero-order valence-electron chi connectivity index (χ0n) is 23.6. The summed E-state index contributed by atoms with van der Waals surface area (Å²) in [6, 6.07) is 5.82. The fraction of sp³-hybridized carbons (Fsp3) is 0.536. The van der Waals surface area contributed by atoms with Crippen molar-refractivity contribution >= 4 is 34.6 Å². The number of aliphatic hydroxyl groups is 1. The van der Waals surface area contributed by atoms with Crippen molar-refractivity contribution in [3.05, 3.63) is 30.6 Å². The second-order valence-corrected chi connectivity index (χ2v) is 11.3. The number of amides is 1. The SMILES string of the molecule is CCCC[C@](C)(CO)Nc1nc(N)nc2cc(-c3ccc(N4CCN(C(=O)OC(C)(C)C)CC4)nc3)ncc12. The van der Waals surface area contributed by atoms with Crippen LogP contribution in [0.3, 0.4) is 0 Å². The molecular formula is C28H40N8O3. The van der Waals surface area contributed by atoms with Crippen LogP contribution in [0.4, 0.5) is 22.4 Å². The monoisotopic (exact) mass is 536 g/mol. The molecule has 1 atom stereocenters. The van der Waals surface area contributed by atoms with Gasteiger partial charge in [-0.25, -0.2) is 14.8 Å². The van der Waals surface area contributed by atoms with E-state index in [1.54, 1.807) is 17.3 Å². The number of nitrogens with two attached hydrogens (primary N) is 1. The van der Waals surface area contributed by atoms with Gasteiger partial charge in [0.15, 0.2) is 0 Å². The first-order valence-corrected chi connectivity index (χ1v) is 13.5. The van der Waals surface area contributed by atoms with E-state index in [0.717, 1.165) is 41.7 Å². The molecule has 1 aliphatic heterocycles. The normalized spacial score (nSPS) is 15.7. The number of rotatable bonds is 8. The average molecular weight is 537 g/mol. The van der Waals surface area contributed by atoms with Crippen molar-refractivity contribution in [3.8, 4) is 11.3 Å². The van der Waals surface area contributed by atoms with Gasteiger partial charge in [-0.15, -0.1) is 0 Å². The van der Waals surface area contributed by atoms with Gasteiger partial charge >= 0.3 is 6.09 Å². The minimum Gasteiger partial charge on any atom is -0.444 e. The first-order chi connectivity index (χ1) is 18.5. The van der Waals surface area contributed by atoms with Gasteiger partial charge in [-0.05, 0) is 52.3 Å². The number of hydrogen-bond donors (Lipinski definition) is 3. The number of anilines is 3. The Bertz CT molecular complexity index is 1290. The minimum absolute atomic E-state index is 0.0298. The smallest absolute Gasteiger partial charge is 0.410 e. The lowest BCUT2D eigenvalue weighted by atomic mass is 9.95. The molecule has 3 aromatic rings. The maximum Gasteiger partial charge on any atom is 0.410 e. The summed E-state index contributed by atoms with van der Waals surface area (Å²) in [6.45, 7) is 12.2. The van der Waals surface area contributed by atoms with Gasteiger partial charge < -0.3 is 30.7 Å². The van der Waals surface area contributed by atoms with E-state index >= 15 is 0 Å². The number of nitrogens with zero attached hydrogens (tertiary/aromatic N) is 6. The molecule has 4 rings (SSSR count).